The number of rotatable bonds is 5. The lowest BCUT2D eigenvalue weighted by Crippen LogP contribution is -2.36. The Morgan fingerprint density at radius 3 is 2.82 bits per heavy atom. The third kappa shape index (κ3) is 3.03. The van der Waals surface area contributed by atoms with Crippen LogP contribution in [0.4, 0.5) is 0 Å². The molecular formula is C13H18N2O2. The van der Waals surface area contributed by atoms with Gasteiger partial charge >= 0.3 is 5.97 Å². The number of carbonyl (C=O) groups is 1. The molecule has 0 saturated heterocycles. The standard InChI is InChI=1S/C13H18N2O2/c1-9(10-3-2-4-10)14-8-12-6-5-11(7-15-12)13(16)17/h5-7,9-10,14H,2-4,8H2,1H3,(H,16,17). The van der Waals surface area contributed by atoms with Gasteiger partial charge in [0.15, 0.2) is 0 Å². The van der Waals surface area contributed by atoms with Crippen molar-refractivity contribution in [2.75, 3.05) is 0 Å². The number of pyridine rings is 1. The number of carboxylic acid groups (broad SMARTS) is 1. The van der Waals surface area contributed by atoms with Crippen molar-refractivity contribution >= 4 is 5.97 Å². The molecule has 1 aliphatic carbocycles. The van der Waals surface area contributed by atoms with Crippen molar-refractivity contribution in [3.63, 3.8) is 0 Å². The molecule has 2 N–H and O–H groups in total. The van der Waals surface area contributed by atoms with Gasteiger partial charge in [0.2, 0.25) is 0 Å². The normalized spacial score (nSPS) is 17.5. The van der Waals surface area contributed by atoms with Gasteiger partial charge < -0.3 is 10.4 Å². The zero-order valence-corrected chi connectivity index (χ0v) is 10.0. The van der Waals surface area contributed by atoms with Crippen molar-refractivity contribution in [3.05, 3.63) is 29.6 Å². The average Bonchev–Trinajstić information content (AvgIpc) is 2.24. The van der Waals surface area contributed by atoms with Gasteiger partial charge in [0.25, 0.3) is 0 Å². The number of nitrogens with zero attached hydrogens (tertiary/aromatic N) is 1. The Balaban J connectivity index is 1.84. The van der Waals surface area contributed by atoms with E-state index in [1.54, 1.807) is 12.1 Å². The molecule has 0 aliphatic heterocycles. The maximum Gasteiger partial charge on any atom is 0.337 e. The first kappa shape index (κ1) is 12.0. The maximum absolute atomic E-state index is 10.7. The van der Waals surface area contributed by atoms with Crippen molar-refractivity contribution in [2.45, 2.75) is 38.8 Å². The zero-order valence-electron chi connectivity index (χ0n) is 10.0. The van der Waals surface area contributed by atoms with Crippen LogP contribution in [-0.4, -0.2) is 22.1 Å². The van der Waals surface area contributed by atoms with Crippen LogP contribution in [0.3, 0.4) is 0 Å². The van der Waals surface area contributed by atoms with E-state index in [1.807, 2.05) is 0 Å². The topological polar surface area (TPSA) is 62.2 Å². The van der Waals surface area contributed by atoms with Gasteiger partial charge in [-0.05, 0) is 37.8 Å². The fourth-order valence-corrected chi connectivity index (χ4v) is 2.03. The Bertz CT molecular complexity index is 385. The summed E-state index contributed by atoms with van der Waals surface area (Å²) in [4.78, 5) is 14.8. The van der Waals surface area contributed by atoms with Crippen molar-refractivity contribution in [2.24, 2.45) is 5.92 Å². The Kier molecular flexibility index (Phi) is 3.74. The summed E-state index contributed by atoms with van der Waals surface area (Å²) in [6.07, 6.45) is 5.40. The summed E-state index contributed by atoms with van der Waals surface area (Å²) in [5.74, 6) is -0.131. The minimum absolute atomic E-state index is 0.237. The molecule has 1 fully saturated rings. The van der Waals surface area contributed by atoms with Crippen LogP contribution in [0.2, 0.25) is 0 Å². The molecular weight excluding hydrogens is 216 g/mol. The van der Waals surface area contributed by atoms with Crippen LogP contribution in [0.1, 0.15) is 42.2 Å². The highest BCUT2D eigenvalue weighted by Gasteiger charge is 2.23. The molecule has 0 spiro atoms. The fourth-order valence-electron chi connectivity index (χ4n) is 2.03. The van der Waals surface area contributed by atoms with Gasteiger partial charge in [0.05, 0.1) is 11.3 Å². The quantitative estimate of drug-likeness (QED) is 0.818. The molecule has 1 unspecified atom stereocenters. The van der Waals surface area contributed by atoms with E-state index >= 15 is 0 Å². The number of hydrogen-bond acceptors (Lipinski definition) is 3. The lowest BCUT2D eigenvalue weighted by atomic mass is 9.80. The van der Waals surface area contributed by atoms with E-state index in [0.717, 1.165) is 11.6 Å². The van der Waals surface area contributed by atoms with E-state index in [4.69, 9.17) is 5.11 Å². The average molecular weight is 234 g/mol. The van der Waals surface area contributed by atoms with Crippen LogP contribution in [0.15, 0.2) is 18.3 Å². The van der Waals surface area contributed by atoms with Gasteiger partial charge in [-0.2, -0.15) is 0 Å². The Morgan fingerprint density at radius 1 is 1.59 bits per heavy atom. The van der Waals surface area contributed by atoms with E-state index in [9.17, 15) is 4.79 Å². The Morgan fingerprint density at radius 2 is 2.35 bits per heavy atom. The number of carboxylic acids is 1. The van der Waals surface area contributed by atoms with E-state index in [-0.39, 0.29) is 5.56 Å². The highest BCUT2D eigenvalue weighted by molar-refractivity contribution is 5.87. The molecule has 92 valence electrons. The SMILES string of the molecule is CC(NCc1ccc(C(=O)O)cn1)C1CCC1. The molecule has 1 aromatic rings. The van der Waals surface area contributed by atoms with Crippen LogP contribution >= 0.6 is 0 Å². The summed E-state index contributed by atoms with van der Waals surface area (Å²) < 4.78 is 0. The first-order valence-electron chi connectivity index (χ1n) is 6.08. The Hall–Kier alpha value is -1.42. The summed E-state index contributed by atoms with van der Waals surface area (Å²) in [6, 6.07) is 3.88. The number of aromatic nitrogens is 1. The minimum atomic E-state index is -0.931. The second-order valence-corrected chi connectivity index (χ2v) is 4.70. The third-order valence-corrected chi connectivity index (χ3v) is 3.53. The summed E-state index contributed by atoms with van der Waals surface area (Å²) in [6.45, 7) is 2.91. The molecule has 2 rings (SSSR count). The fraction of sp³-hybridized carbons (Fsp3) is 0.538. The number of hydrogen-bond donors (Lipinski definition) is 2. The number of nitrogens with one attached hydrogen (secondary N) is 1. The smallest absolute Gasteiger partial charge is 0.337 e. The molecule has 0 bridgehead atoms. The van der Waals surface area contributed by atoms with Gasteiger partial charge in [-0.25, -0.2) is 4.79 Å². The van der Waals surface area contributed by atoms with Crippen molar-refractivity contribution in [1.82, 2.24) is 10.3 Å². The van der Waals surface area contributed by atoms with Crippen LogP contribution in [-0.2, 0) is 6.54 Å². The molecule has 0 aromatic carbocycles. The molecule has 1 aliphatic rings. The van der Waals surface area contributed by atoms with Gasteiger partial charge in [0.1, 0.15) is 0 Å². The highest BCUT2D eigenvalue weighted by atomic mass is 16.4. The molecule has 1 saturated carbocycles. The monoisotopic (exact) mass is 234 g/mol. The van der Waals surface area contributed by atoms with Gasteiger partial charge in [-0.1, -0.05) is 6.42 Å². The van der Waals surface area contributed by atoms with E-state index < -0.39 is 5.97 Å². The second kappa shape index (κ2) is 5.27. The molecule has 4 nitrogen and oxygen atoms in total. The van der Waals surface area contributed by atoms with Crippen molar-refractivity contribution in [3.8, 4) is 0 Å². The molecule has 0 amide bonds. The van der Waals surface area contributed by atoms with Crippen LogP contribution in [0, 0.1) is 5.92 Å². The predicted molar refractivity (Wildman–Crippen MR) is 64.8 cm³/mol. The van der Waals surface area contributed by atoms with Crippen LogP contribution in [0.25, 0.3) is 0 Å². The summed E-state index contributed by atoms with van der Waals surface area (Å²) in [5, 5.41) is 12.2. The first-order valence-corrected chi connectivity index (χ1v) is 6.08. The number of aromatic carboxylic acids is 1. The van der Waals surface area contributed by atoms with Crippen LogP contribution < -0.4 is 5.32 Å². The molecule has 17 heavy (non-hydrogen) atoms. The lowest BCUT2D eigenvalue weighted by molar-refractivity contribution is 0.0696. The molecule has 1 atom stereocenters. The second-order valence-electron chi connectivity index (χ2n) is 4.70. The molecule has 1 heterocycles. The summed E-state index contributed by atoms with van der Waals surface area (Å²) >= 11 is 0. The van der Waals surface area contributed by atoms with Gasteiger partial charge in [-0.3, -0.25) is 4.98 Å². The predicted octanol–water partition coefficient (Wildman–Crippen LogP) is 2.06. The molecule has 0 radical (unpaired) electrons. The van der Waals surface area contributed by atoms with Gasteiger partial charge in [0, 0.05) is 18.8 Å². The lowest BCUT2D eigenvalue weighted by Gasteiger charge is -2.32. The van der Waals surface area contributed by atoms with E-state index in [2.05, 4.69) is 17.2 Å². The zero-order chi connectivity index (χ0) is 12.3. The minimum Gasteiger partial charge on any atom is -0.478 e. The largest absolute Gasteiger partial charge is 0.478 e. The van der Waals surface area contributed by atoms with Gasteiger partial charge in [-0.15, -0.1) is 0 Å². The first-order chi connectivity index (χ1) is 8.16. The van der Waals surface area contributed by atoms with Crippen LogP contribution in [0.5, 0.6) is 0 Å². The Labute approximate surface area is 101 Å². The highest BCUT2D eigenvalue weighted by Crippen LogP contribution is 2.29. The van der Waals surface area contributed by atoms with Crippen molar-refractivity contribution < 1.29 is 9.90 Å². The molecule has 1 aromatic heterocycles. The van der Waals surface area contributed by atoms with E-state index in [1.165, 1.54) is 25.5 Å². The third-order valence-electron chi connectivity index (χ3n) is 3.53. The molecule has 4 heteroatoms. The van der Waals surface area contributed by atoms with E-state index in [0.29, 0.717) is 12.6 Å². The van der Waals surface area contributed by atoms with Crippen molar-refractivity contribution in [1.29, 1.82) is 0 Å². The summed E-state index contributed by atoms with van der Waals surface area (Å²) in [5.41, 5.74) is 1.13. The maximum atomic E-state index is 10.7. The summed E-state index contributed by atoms with van der Waals surface area (Å²) in [7, 11) is 0.